The fourth-order valence-corrected chi connectivity index (χ4v) is 2.62. The van der Waals surface area contributed by atoms with Gasteiger partial charge in [-0.1, -0.05) is 52.3 Å². The van der Waals surface area contributed by atoms with E-state index >= 15 is 0 Å². The van der Waals surface area contributed by atoms with Crippen molar-refractivity contribution in [3.05, 3.63) is 64.1 Å². The van der Waals surface area contributed by atoms with Crippen molar-refractivity contribution in [2.45, 2.75) is 13.0 Å². The number of hydrogen-bond donors (Lipinski definition) is 0. The molecule has 1 heterocycles. The van der Waals surface area contributed by atoms with Gasteiger partial charge in [0.15, 0.2) is 0 Å². The first kappa shape index (κ1) is 11.5. The largest absolute Gasteiger partial charge is 0.307 e. The molecule has 3 heteroatoms. The average molecular weight is 302 g/mol. The van der Waals surface area contributed by atoms with E-state index in [1.807, 2.05) is 53.4 Å². The Labute approximate surface area is 114 Å². The third-order valence-electron chi connectivity index (χ3n) is 3.16. The van der Waals surface area contributed by atoms with E-state index in [-0.39, 0.29) is 5.91 Å². The van der Waals surface area contributed by atoms with E-state index in [4.69, 9.17) is 0 Å². The monoisotopic (exact) mass is 301 g/mol. The first-order chi connectivity index (χ1) is 8.74. The van der Waals surface area contributed by atoms with E-state index in [1.165, 1.54) is 0 Å². The molecule has 90 valence electrons. The minimum absolute atomic E-state index is 0.173. The van der Waals surface area contributed by atoms with Crippen LogP contribution in [-0.4, -0.2) is 5.91 Å². The molecule has 0 unspecified atom stereocenters. The van der Waals surface area contributed by atoms with Crippen LogP contribution < -0.4 is 4.90 Å². The number of carbonyl (C=O) groups is 1. The maximum Gasteiger partial charge on any atom is 0.231 e. The van der Waals surface area contributed by atoms with Crippen molar-refractivity contribution < 1.29 is 4.79 Å². The van der Waals surface area contributed by atoms with Crippen molar-refractivity contribution in [3.63, 3.8) is 0 Å². The zero-order chi connectivity index (χ0) is 12.5. The Hall–Kier alpha value is -1.61. The van der Waals surface area contributed by atoms with E-state index in [1.54, 1.807) is 0 Å². The SMILES string of the molecule is O=C1Cc2ccc(Br)cc2N1Cc1ccccc1. The minimum atomic E-state index is 0.173. The second-order valence-corrected chi connectivity index (χ2v) is 5.33. The number of rotatable bonds is 2. The summed E-state index contributed by atoms with van der Waals surface area (Å²) in [7, 11) is 0. The Morgan fingerprint density at radius 1 is 1.11 bits per heavy atom. The van der Waals surface area contributed by atoms with Crippen molar-refractivity contribution in [3.8, 4) is 0 Å². The van der Waals surface area contributed by atoms with E-state index in [0.717, 1.165) is 21.3 Å². The number of hydrogen-bond acceptors (Lipinski definition) is 1. The molecule has 0 N–H and O–H groups in total. The second kappa shape index (κ2) is 4.58. The molecule has 2 aromatic carbocycles. The predicted molar refractivity (Wildman–Crippen MR) is 75.5 cm³/mol. The maximum atomic E-state index is 12.1. The average Bonchev–Trinajstić information content (AvgIpc) is 2.67. The Morgan fingerprint density at radius 2 is 1.89 bits per heavy atom. The van der Waals surface area contributed by atoms with Crippen LogP contribution >= 0.6 is 15.9 Å². The summed E-state index contributed by atoms with van der Waals surface area (Å²) < 4.78 is 1.01. The van der Waals surface area contributed by atoms with Gasteiger partial charge in [-0.25, -0.2) is 0 Å². The summed E-state index contributed by atoms with van der Waals surface area (Å²) in [5.74, 6) is 0.173. The topological polar surface area (TPSA) is 20.3 Å². The molecule has 3 rings (SSSR count). The molecule has 0 saturated heterocycles. The lowest BCUT2D eigenvalue weighted by Gasteiger charge is -2.17. The molecule has 0 fully saturated rings. The van der Waals surface area contributed by atoms with Crippen LogP contribution in [0.2, 0.25) is 0 Å². The van der Waals surface area contributed by atoms with Gasteiger partial charge in [0.05, 0.1) is 13.0 Å². The molecule has 0 atom stereocenters. The van der Waals surface area contributed by atoms with Crippen LogP contribution in [0.1, 0.15) is 11.1 Å². The van der Waals surface area contributed by atoms with Gasteiger partial charge < -0.3 is 4.90 Å². The van der Waals surface area contributed by atoms with Gasteiger partial charge in [0.1, 0.15) is 0 Å². The van der Waals surface area contributed by atoms with Crippen LogP contribution in [0.5, 0.6) is 0 Å². The smallest absolute Gasteiger partial charge is 0.231 e. The lowest BCUT2D eigenvalue weighted by atomic mass is 10.1. The van der Waals surface area contributed by atoms with Gasteiger partial charge in [0.2, 0.25) is 5.91 Å². The van der Waals surface area contributed by atoms with Gasteiger partial charge in [-0.3, -0.25) is 4.79 Å². The third-order valence-corrected chi connectivity index (χ3v) is 3.66. The molecule has 18 heavy (non-hydrogen) atoms. The Kier molecular flexibility index (Phi) is 2.92. The molecule has 1 aliphatic heterocycles. The van der Waals surface area contributed by atoms with Crippen LogP contribution in [0.15, 0.2) is 53.0 Å². The van der Waals surface area contributed by atoms with Crippen LogP contribution in [0.3, 0.4) is 0 Å². The highest BCUT2D eigenvalue weighted by atomic mass is 79.9. The van der Waals surface area contributed by atoms with E-state index < -0.39 is 0 Å². The standard InChI is InChI=1S/C15H12BrNO/c16-13-7-6-12-8-15(18)17(14(12)9-13)10-11-4-2-1-3-5-11/h1-7,9H,8,10H2. The highest BCUT2D eigenvalue weighted by Gasteiger charge is 2.27. The first-order valence-electron chi connectivity index (χ1n) is 5.87. The van der Waals surface area contributed by atoms with Crippen LogP contribution in [-0.2, 0) is 17.8 Å². The summed E-state index contributed by atoms with van der Waals surface area (Å²) in [4.78, 5) is 13.9. The number of anilines is 1. The summed E-state index contributed by atoms with van der Waals surface area (Å²) in [6.45, 7) is 0.642. The molecule has 0 aliphatic carbocycles. The number of benzene rings is 2. The molecule has 2 nitrogen and oxygen atoms in total. The highest BCUT2D eigenvalue weighted by molar-refractivity contribution is 9.10. The van der Waals surface area contributed by atoms with Crippen LogP contribution in [0, 0.1) is 0 Å². The number of fused-ring (bicyclic) bond motifs is 1. The summed E-state index contributed by atoms with van der Waals surface area (Å²) in [5, 5.41) is 0. The van der Waals surface area contributed by atoms with E-state index in [2.05, 4.69) is 15.9 Å². The molecule has 0 radical (unpaired) electrons. The Bertz CT molecular complexity index is 595. The van der Waals surface area contributed by atoms with E-state index in [9.17, 15) is 4.79 Å². The van der Waals surface area contributed by atoms with Gasteiger partial charge in [0, 0.05) is 10.2 Å². The fraction of sp³-hybridized carbons (Fsp3) is 0.133. The quantitative estimate of drug-likeness (QED) is 0.831. The molecule has 1 aliphatic rings. The molecule has 0 saturated carbocycles. The molecule has 0 aromatic heterocycles. The number of halogens is 1. The third kappa shape index (κ3) is 2.06. The number of nitrogens with zero attached hydrogens (tertiary/aromatic N) is 1. The first-order valence-corrected chi connectivity index (χ1v) is 6.66. The predicted octanol–water partition coefficient (Wildman–Crippen LogP) is 3.54. The van der Waals surface area contributed by atoms with Crippen molar-refractivity contribution in [2.75, 3.05) is 4.90 Å². The highest BCUT2D eigenvalue weighted by Crippen LogP contribution is 2.32. The Balaban J connectivity index is 1.94. The van der Waals surface area contributed by atoms with Crippen molar-refractivity contribution in [1.29, 1.82) is 0 Å². The molecular formula is C15H12BrNO. The van der Waals surface area contributed by atoms with Crippen molar-refractivity contribution >= 4 is 27.5 Å². The lowest BCUT2D eigenvalue weighted by Crippen LogP contribution is -2.25. The van der Waals surface area contributed by atoms with Gasteiger partial charge >= 0.3 is 0 Å². The molecular weight excluding hydrogens is 290 g/mol. The minimum Gasteiger partial charge on any atom is -0.307 e. The zero-order valence-corrected chi connectivity index (χ0v) is 11.4. The fourth-order valence-electron chi connectivity index (χ4n) is 2.27. The molecule has 0 bridgehead atoms. The second-order valence-electron chi connectivity index (χ2n) is 4.42. The lowest BCUT2D eigenvalue weighted by molar-refractivity contribution is -0.117. The number of carbonyl (C=O) groups excluding carboxylic acids is 1. The van der Waals surface area contributed by atoms with Crippen LogP contribution in [0.25, 0.3) is 0 Å². The summed E-state index contributed by atoms with van der Waals surface area (Å²) >= 11 is 3.46. The van der Waals surface area contributed by atoms with Gasteiger partial charge in [0.25, 0.3) is 0 Å². The molecule has 0 spiro atoms. The molecule has 2 aromatic rings. The summed E-state index contributed by atoms with van der Waals surface area (Å²) in [6, 6.07) is 16.1. The van der Waals surface area contributed by atoms with Crippen LogP contribution in [0.4, 0.5) is 5.69 Å². The normalized spacial score (nSPS) is 13.8. The van der Waals surface area contributed by atoms with Crippen molar-refractivity contribution in [1.82, 2.24) is 0 Å². The summed E-state index contributed by atoms with van der Waals surface area (Å²) in [5.41, 5.74) is 3.29. The van der Waals surface area contributed by atoms with E-state index in [0.29, 0.717) is 13.0 Å². The van der Waals surface area contributed by atoms with Crippen molar-refractivity contribution in [2.24, 2.45) is 0 Å². The number of amides is 1. The molecule has 1 amide bonds. The zero-order valence-electron chi connectivity index (χ0n) is 9.77. The van der Waals surface area contributed by atoms with Gasteiger partial charge in [-0.05, 0) is 23.3 Å². The Morgan fingerprint density at radius 3 is 2.67 bits per heavy atom. The van der Waals surface area contributed by atoms with Gasteiger partial charge in [-0.15, -0.1) is 0 Å². The van der Waals surface area contributed by atoms with Gasteiger partial charge in [-0.2, -0.15) is 0 Å². The maximum absolute atomic E-state index is 12.1. The summed E-state index contributed by atoms with van der Waals surface area (Å²) in [6.07, 6.45) is 0.509.